The maximum atomic E-state index is 12.9. The third-order valence-electron chi connectivity index (χ3n) is 1.84. The van der Waals surface area contributed by atoms with Crippen LogP contribution >= 0.6 is 15.9 Å². The summed E-state index contributed by atoms with van der Waals surface area (Å²) in [5.41, 5.74) is 0. The first-order chi connectivity index (χ1) is 6.09. The monoisotopic (exact) mass is 254 g/mol. The average Bonchev–Trinajstić information content (AvgIpc) is 2.07. The summed E-state index contributed by atoms with van der Waals surface area (Å²) in [6.45, 7) is 1.47. The molecule has 13 heavy (non-hydrogen) atoms. The van der Waals surface area contributed by atoms with Gasteiger partial charge in [-0.05, 0) is 12.8 Å². The quantitative estimate of drug-likeness (QED) is 0.557. The van der Waals surface area contributed by atoms with Gasteiger partial charge in [-0.15, -0.1) is 0 Å². The van der Waals surface area contributed by atoms with Gasteiger partial charge in [0.2, 0.25) is 6.36 Å². The molecule has 1 fully saturated rings. The van der Waals surface area contributed by atoms with E-state index in [1.54, 1.807) is 0 Å². The zero-order chi connectivity index (χ0) is 9.84. The van der Waals surface area contributed by atoms with E-state index in [9.17, 15) is 9.18 Å². The molecule has 1 saturated heterocycles. The van der Waals surface area contributed by atoms with E-state index in [1.165, 1.54) is 6.92 Å². The third-order valence-corrected chi connectivity index (χ3v) is 2.72. The Labute approximate surface area is 84.7 Å². The molecule has 1 aliphatic rings. The number of halogens is 2. The molecule has 0 saturated carbocycles. The van der Waals surface area contributed by atoms with Crippen LogP contribution in [0.2, 0.25) is 0 Å². The van der Waals surface area contributed by atoms with Crippen LogP contribution in [0.25, 0.3) is 0 Å². The maximum Gasteiger partial charge on any atom is 0.302 e. The van der Waals surface area contributed by atoms with Gasteiger partial charge in [0.1, 0.15) is 6.61 Å². The van der Waals surface area contributed by atoms with Crippen LogP contribution in [-0.4, -0.2) is 29.9 Å². The SMILES string of the molecule is CC(=O)OC[C@@H]1CC[C@@H](Br)[C@@H](F)O1. The molecule has 1 aliphatic heterocycles. The van der Waals surface area contributed by atoms with Crippen molar-refractivity contribution in [1.82, 2.24) is 0 Å². The zero-order valence-corrected chi connectivity index (χ0v) is 8.92. The molecule has 0 amide bonds. The van der Waals surface area contributed by atoms with Crippen molar-refractivity contribution in [1.29, 1.82) is 0 Å². The van der Waals surface area contributed by atoms with Crippen LogP contribution < -0.4 is 0 Å². The summed E-state index contributed by atoms with van der Waals surface area (Å²) in [5.74, 6) is -0.361. The summed E-state index contributed by atoms with van der Waals surface area (Å²) in [5, 5.41) is 0. The van der Waals surface area contributed by atoms with Gasteiger partial charge < -0.3 is 9.47 Å². The molecule has 0 bridgehead atoms. The van der Waals surface area contributed by atoms with Crippen molar-refractivity contribution in [2.45, 2.75) is 37.1 Å². The third kappa shape index (κ3) is 3.60. The molecular formula is C8H12BrFO3. The fourth-order valence-electron chi connectivity index (χ4n) is 1.15. The summed E-state index contributed by atoms with van der Waals surface area (Å²) < 4.78 is 22.6. The largest absolute Gasteiger partial charge is 0.463 e. The normalized spacial score (nSPS) is 34.2. The number of ether oxygens (including phenoxy) is 2. The first kappa shape index (κ1) is 10.9. The summed E-state index contributed by atoms with van der Waals surface area (Å²) in [6, 6.07) is 0. The minimum Gasteiger partial charge on any atom is -0.463 e. The summed E-state index contributed by atoms with van der Waals surface area (Å²) >= 11 is 3.15. The van der Waals surface area contributed by atoms with E-state index >= 15 is 0 Å². The standard InChI is InChI=1S/C8H12BrFO3/c1-5(11)12-4-6-2-3-7(9)8(10)13-6/h6-8H,2-4H2,1H3/t6-,7+,8-/m0/s1. The van der Waals surface area contributed by atoms with Gasteiger partial charge in [0.15, 0.2) is 0 Å². The van der Waals surface area contributed by atoms with Crippen LogP contribution in [0, 0.1) is 0 Å². The van der Waals surface area contributed by atoms with Gasteiger partial charge in [-0.1, -0.05) is 15.9 Å². The highest BCUT2D eigenvalue weighted by Crippen LogP contribution is 2.26. The summed E-state index contributed by atoms with van der Waals surface area (Å²) in [4.78, 5) is 10.2. The first-order valence-corrected chi connectivity index (χ1v) is 5.08. The Morgan fingerprint density at radius 1 is 1.69 bits per heavy atom. The molecule has 76 valence electrons. The second kappa shape index (κ2) is 4.91. The van der Waals surface area contributed by atoms with Crippen LogP contribution in [0.5, 0.6) is 0 Å². The van der Waals surface area contributed by atoms with Crippen molar-refractivity contribution in [2.24, 2.45) is 0 Å². The molecule has 3 nitrogen and oxygen atoms in total. The second-order valence-electron chi connectivity index (χ2n) is 3.01. The predicted molar refractivity (Wildman–Crippen MR) is 48.4 cm³/mol. The Hall–Kier alpha value is -0.160. The predicted octanol–water partition coefficient (Wildman–Crippen LogP) is 1.79. The second-order valence-corrected chi connectivity index (χ2v) is 4.18. The van der Waals surface area contributed by atoms with Gasteiger partial charge in [-0.3, -0.25) is 4.79 Å². The van der Waals surface area contributed by atoms with E-state index in [2.05, 4.69) is 15.9 Å². The number of hydrogen-bond acceptors (Lipinski definition) is 3. The maximum absolute atomic E-state index is 12.9. The number of carbonyl (C=O) groups is 1. The molecule has 0 unspecified atom stereocenters. The molecule has 1 rings (SSSR count). The van der Waals surface area contributed by atoms with Crippen molar-refractivity contribution in [3.05, 3.63) is 0 Å². The van der Waals surface area contributed by atoms with E-state index in [4.69, 9.17) is 9.47 Å². The number of esters is 1. The molecule has 0 spiro atoms. The van der Waals surface area contributed by atoms with E-state index in [1.807, 2.05) is 0 Å². The number of hydrogen-bond donors (Lipinski definition) is 0. The summed E-state index contributed by atoms with van der Waals surface area (Å²) in [6.07, 6.45) is -0.182. The minimum absolute atomic E-state index is 0.148. The van der Waals surface area contributed by atoms with Crippen LogP contribution in [0.1, 0.15) is 19.8 Å². The fraction of sp³-hybridized carbons (Fsp3) is 0.875. The molecule has 0 aromatic heterocycles. The smallest absolute Gasteiger partial charge is 0.302 e. The van der Waals surface area contributed by atoms with E-state index < -0.39 is 6.36 Å². The van der Waals surface area contributed by atoms with Crippen LogP contribution in [0.3, 0.4) is 0 Å². The molecule has 1 heterocycles. The molecule has 0 aromatic carbocycles. The van der Waals surface area contributed by atoms with Crippen molar-refractivity contribution >= 4 is 21.9 Å². The fourth-order valence-corrected chi connectivity index (χ4v) is 1.54. The Balaban J connectivity index is 2.25. The highest BCUT2D eigenvalue weighted by Gasteiger charge is 2.29. The lowest BCUT2D eigenvalue weighted by Crippen LogP contribution is -2.35. The number of carbonyl (C=O) groups excluding carboxylic acids is 1. The Morgan fingerprint density at radius 2 is 2.38 bits per heavy atom. The molecular weight excluding hydrogens is 243 g/mol. The molecule has 0 N–H and O–H groups in total. The number of alkyl halides is 2. The lowest BCUT2D eigenvalue weighted by molar-refractivity contribution is -0.158. The lowest BCUT2D eigenvalue weighted by atomic mass is 10.1. The molecule has 5 heteroatoms. The van der Waals surface area contributed by atoms with Crippen molar-refractivity contribution in [2.75, 3.05) is 6.61 Å². The molecule has 0 aliphatic carbocycles. The Kier molecular flexibility index (Phi) is 4.12. The van der Waals surface area contributed by atoms with Gasteiger partial charge >= 0.3 is 5.97 Å². The minimum atomic E-state index is -1.30. The highest BCUT2D eigenvalue weighted by atomic mass is 79.9. The Bertz CT molecular complexity index is 188. The first-order valence-electron chi connectivity index (χ1n) is 4.16. The van der Waals surface area contributed by atoms with Gasteiger partial charge in [0.25, 0.3) is 0 Å². The van der Waals surface area contributed by atoms with Gasteiger partial charge in [0, 0.05) is 6.92 Å². The molecule has 0 aromatic rings. The van der Waals surface area contributed by atoms with E-state index in [0.29, 0.717) is 12.8 Å². The average molecular weight is 255 g/mol. The van der Waals surface area contributed by atoms with Crippen LogP contribution in [0.4, 0.5) is 4.39 Å². The van der Waals surface area contributed by atoms with E-state index in [-0.39, 0.29) is 23.5 Å². The van der Waals surface area contributed by atoms with Crippen molar-refractivity contribution in [3.63, 3.8) is 0 Å². The van der Waals surface area contributed by atoms with Crippen molar-refractivity contribution in [3.8, 4) is 0 Å². The van der Waals surface area contributed by atoms with Gasteiger partial charge in [-0.2, -0.15) is 0 Å². The van der Waals surface area contributed by atoms with Gasteiger partial charge in [-0.25, -0.2) is 4.39 Å². The summed E-state index contributed by atoms with van der Waals surface area (Å²) in [7, 11) is 0. The van der Waals surface area contributed by atoms with Crippen LogP contribution in [0.15, 0.2) is 0 Å². The van der Waals surface area contributed by atoms with Crippen molar-refractivity contribution < 1.29 is 18.7 Å². The number of rotatable bonds is 2. The lowest BCUT2D eigenvalue weighted by Gasteiger charge is -2.28. The highest BCUT2D eigenvalue weighted by molar-refractivity contribution is 9.09. The van der Waals surface area contributed by atoms with Crippen LogP contribution in [-0.2, 0) is 14.3 Å². The zero-order valence-electron chi connectivity index (χ0n) is 7.33. The topological polar surface area (TPSA) is 35.5 Å². The molecule has 3 atom stereocenters. The Morgan fingerprint density at radius 3 is 2.92 bits per heavy atom. The van der Waals surface area contributed by atoms with E-state index in [0.717, 1.165) is 0 Å². The van der Waals surface area contributed by atoms with Gasteiger partial charge in [0.05, 0.1) is 10.9 Å². The molecule has 0 radical (unpaired) electrons.